The van der Waals surface area contributed by atoms with Crippen LogP contribution in [0.5, 0.6) is 5.88 Å². The van der Waals surface area contributed by atoms with Gasteiger partial charge in [0, 0.05) is 6.42 Å². The summed E-state index contributed by atoms with van der Waals surface area (Å²) in [5.74, 6) is 0.649. The second-order valence-corrected chi connectivity index (χ2v) is 12.0. The quantitative estimate of drug-likeness (QED) is 0.340. The summed E-state index contributed by atoms with van der Waals surface area (Å²) in [7, 11) is -1.10. The minimum Gasteiger partial charge on any atom is -0.477 e. The molecule has 31 heavy (non-hydrogen) atoms. The molecule has 0 bridgehead atoms. The van der Waals surface area contributed by atoms with E-state index in [9.17, 15) is 0 Å². The highest BCUT2D eigenvalue weighted by Crippen LogP contribution is 2.29. The van der Waals surface area contributed by atoms with Gasteiger partial charge in [0.05, 0.1) is 23.6 Å². The van der Waals surface area contributed by atoms with Gasteiger partial charge in [0.2, 0.25) is 5.88 Å². The number of ether oxygens (including phenoxy) is 1. The minimum atomic E-state index is -1.10. The van der Waals surface area contributed by atoms with Crippen molar-refractivity contribution in [2.24, 2.45) is 5.41 Å². The second-order valence-electron chi connectivity index (χ2n) is 9.66. The van der Waals surface area contributed by atoms with Gasteiger partial charge in [0.25, 0.3) is 0 Å². The normalized spacial score (nSPS) is 13.0. The smallest absolute Gasteiger partial charge is 0.224 e. The average Bonchev–Trinajstić information content (AvgIpc) is 2.73. The summed E-state index contributed by atoms with van der Waals surface area (Å²) in [6.07, 6.45) is 6.12. The molecular weight excluding hydrogens is 400 g/mol. The van der Waals surface area contributed by atoms with Crippen LogP contribution in [0.25, 0.3) is 10.9 Å². The Kier molecular flexibility index (Phi) is 8.21. The van der Waals surface area contributed by atoms with Gasteiger partial charge in [-0.3, -0.25) is 0 Å². The Labute approximate surface area is 188 Å². The van der Waals surface area contributed by atoms with Crippen LogP contribution in [0.1, 0.15) is 57.3 Å². The SMILES string of the molecule is C[SiH](C)OC(CCCC(C)(C)C)c1ccc(CCOc2ncnc3ccccc23)cc1. The molecule has 166 valence electrons. The molecule has 0 aliphatic heterocycles. The Morgan fingerprint density at radius 3 is 2.42 bits per heavy atom. The highest BCUT2D eigenvalue weighted by atomic mass is 28.3. The van der Waals surface area contributed by atoms with E-state index in [4.69, 9.17) is 9.16 Å². The number of fused-ring (bicyclic) bond motifs is 1. The third-order valence-electron chi connectivity index (χ3n) is 5.32. The van der Waals surface area contributed by atoms with Crippen molar-refractivity contribution < 1.29 is 9.16 Å². The van der Waals surface area contributed by atoms with Gasteiger partial charge in [-0.05, 0) is 54.6 Å². The number of para-hydroxylation sites is 1. The average molecular weight is 437 g/mol. The van der Waals surface area contributed by atoms with E-state index in [1.165, 1.54) is 24.0 Å². The summed E-state index contributed by atoms with van der Waals surface area (Å²) >= 11 is 0. The van der Waals surface area contributed by atoms with Crippen LogP contribution in [0.3, 0.4) is 0 Å². The van der Waals surface area contributed by atoms with Gasteiger partial charge in [-0.25, -0.2) is 9.97 Å². The molecule has 0 saturated carbocycles. The first-order valence-electron chi connectivity index (χ1n) is 11.4. The standard InChI is InChI=1S/C26H36N2O2Si/c1-26(2,3)17-8-11-24(30-31(4)5)21-14-12-20(13-15-21)16-18-29-25-22-9-6-7-10-23(22)27-19-28-25/h6-7,9-10,12-15,19,24,31H,8,11,16-18H2,1-5H3. The van der Waals surface area contributed by atoms with Crippen LogP contribution in [0.15, 0.2) is 54.9 Å². The van der Waals surface area contributed by atoms with Crippen LogP contribution < -0.4 is 4.74 Å². The van der Waals surface area contributed by atoms with E-state index >= 15 is 0 Å². The Morgan fingerprint density at radius 2 is 1.71 bits per heavy atom. The van der Waals surface area contributed by atoms with E-state index in [0.717, 1.165) is 23.7 Å². The van der Waals surface area contributed by atoms with E-state index in [0.29, 0.717) is 17.9 Å². The van der Waals surface area contributed by atoms with Crippen LogP contribution in [0, 0.1) is 5.41 Å². The highest BCUT2D eigenvalue weighted by molar-refractivity contribution is 6.48. The molecule has 1 atom stereocenters. The lowest BCUT2D eigenvalue weighted by atomic mass is 9.88. The Balaban J connectivity index is 1.57. The molecule has 0 N–H and O–H groups in total. The molecule has 0 aliphatic carbocycles. The fraction of sp³-hybridized carbons (Fsp3) is 0.462. The molecule has 0 radical (unpaired) electrons. The summed E-state index contributed by atoms with van der Waals surface area (Å²) in [6, 6.07) is 16.8. The van der Waals surface area contributed by atoms with Crippen molar-refractivity contribution in [2.45, 2.75) is 65.7 Å². The molecule has 0 amide bonds. The van der Waals surface area contributed by atoms with Gasteiger partial charge in [-0.15, -0.1) is 0 Å². The third kappa shape index (κ3) is 7.44. The zero-order valence-electron chi connectivity index (χ0n) is 19.6. The molecule has 4 nitrogen and oxygen atoms in total. The number of hydrogen-bond acceptors (Lipinski definition) is 4. The lowest BCUT2D eigenvalue weighted by Gasteiger charge is -2.24. The molecule has 3 rings (SSSR count). The van der Waals surface area contributed by atoms with Crippen molar-refractivity contribution in [1.82, 2.24) is 9.97 Å². The third-order valence-corrected chi connectivity index (χ3v) is 6.19. The molecule has 0 aliphatic rings. The Hall–Kier alpha value is -2.24. The van der Waals surface area contributed by atoms with E-state index in [-0.39, 0.29) is 6.10 Å². The Morgan fingerprint density at radius 1 is 0.968 bits per heavy atom. The van der Waals surface area contributed by atoms with Crippen molar-refractivity contribution in [1.29, 1.82) is 0 Å². The number of hydrogen-bond donors (Lipinski definition) is 0. The first-order chi connectivity index (χ1) is 14.8. The first kappa shape index (κ1) is 23.4. The van der Waals surface area contributed by atoms with Crippen LogP contribution in [-0.4, -0.2) is 25.6 Å². The van der Waals surface area contributed by atoms with Gasteiger partial charge in [0.1, 0.15) is 6.33 Å². The molecule has 0 fully saturated rings. The number of rotatable bonds is 10. The molecule has 5 heteroatoms. The maximum absolute atomic E-state index is 6.37. The van der Waals surface area contributed by atoms with Crippen LogP contribution in [-0.2, 0) is 10.8 Å². The zero-order valence-corrected chi connectivity index (χ0v) is 20.8. The number of benzene rings is 2. The maximum atomic E-state index is 6.37. The lowest BCUT2D eigenvalue weighted by molar-refractivity contribution is 0.186. The summed E-state index contributed by atoms with van der Waals surface area (Å²) < 4.78 is 12.3. The van der Waals surface area contributed by atoms with E-state index in [1.54, 1.807) is 6.33 Å². The predicted molar refractivity (Wildman–Crippen MR) is 131 cm³/mol. The van der Waals surface area contributed by atoms with E-state index in [1.807, 2.05) is 24.3 Å². The molecule has 1 aromatic heterocycles. The summed E-state index contributed by atoms with van der Waals surface area (Å²) in [6.45, 7) is 12.0. The summed E-state index contributed by atoms with van der Waals surface area (Å²) in [5, 5.41) is 0.952. The molecule has 1 unspecified atom stereocenters. The van der Waals surface area contributed by atoms with Crippen molar-refractivity contribution in [2.75, 3.05) is 6.61 Å². The van der Waals surface area contributed by atoms with Crippen molar-refractivity contribution in [3.8, 4) is 5.88 Å². The van der Waals surface area contributed by atoms with Gasteiger partial charge in [0.15, 0.2) is 9.04 Å². The van der Waals surface area contributed by atoms with E-state index in [2.05, 4.69) is 68.1 Å². The molecule has 3 aromatic rings. The second kappa shape index (κ2) is 10.9. The maximum Gasteiger partial charge on any atom is 0.224 e. The van der Waals surface area contributed by atoms with Gasteiger partial charge < -0.3 is 9.16 Å². The topological polar surface area (TPSA) is 44.2 Å². The molecular formula is C26H36N2O2Si. The number of nitrogens with zero attached hydrogens (tertiary/aromatic N) is 2. The fourth-order valence-corrected chi connectivity index (χ4v) is 4.67. The largest absolute Gasteiger partial charge is 0.477 e. The number of aromatic nitrogens is 2. The summed E-state index contributed by atoms with van der Waals surface area (Å²) in [5.41, 5.74) is 3.83. The monoisotopic (exact) mass is 436 g/mol. The lowest BCUT2D eigenvalue weighted by Crippen LogP contribution is -2.15. The van der Waals surface area contributed by atoms with Gasteiger partial charge >= 0.3 is 0 Å². The summed E-state index contributed by atoms with van der Waals surface area (Å²) in [4.78, 5) is 8.59. The predicted octanol–water partition coefficient (Wildman–Crippen LogP) is 6.51. The van der Waals surface area contributed by atoms with Gasteiger partial charge in [-0.2, -0.15) is 0 Å². The zero-order chi connectivity index (χ0) is 22.3. The molecule has 2 aromatic carbocycles. The highest BCUT2D eigenvalue weighted by Gasteiger charge is 2.17. The Bertz CT molecular complexity index is 946. The van der Waals surface area contributed by atoms with Crippen LogP contribution >= 0.6 is 0 Å². The first-order valence-corrected chi connectivity index (χ1v) is 14.2. The van der Waals surface area contributed by atoms with Crippen molar-refractivity contribution in [3.05, 3.63) is 66.0 Å². The van der Waals surface area contributed by atoms with Gasteiger partial charge in [-0.1, -0.05) is 63.6 Å². The van der Waals surface area contributed by atoms with Crippen LogP contribution in [0.4, 0.5) is 0 Å². The van der Waals surface area contributed by atoms with E-state index < -0.39 is 9.04 Å². The van der Waals surface area contributed by atoms with Crippen molar-refractivity contribution in [3.63, 3.8) is 0 Å². The minimum absolute atomic E-state index is 0.215. The molecule has 1 heterocycles. The molecule has 0 saturated heterocycles. The molecule has 0 spiro atoms. The fourth-order valence-electron chi connectivity index (χ4n) is 3.72. The van der Waals surface area contributed by atoms with Crippen molar-refractivity contribution >= 4 is 19.9 Å². The van der Waals surface area contributed by atoms with Crippen LogP contribution in [0.2, 0.25) is 13.1 Å².